The fourth-order valence-electron chi connectivity index (χ4n) is 12.0. The van der Waals surface area contributed by atoms with Crippen LogP contribution in [0, 0.1) is 46.3 Å². The van der Waals surface area contributed by atoms with E-state index in [1.165, 1.54) is 161 Å². The van der Waals surface area contributed by atoms with Gasteiger partial charge < -0.3 is 4.74 Å². The Labute approximate surface area is 318 Å². The van der Waals surface area contributed by atoms with Crippen molar-refractivity contribution in [3.8, 4) is 0 Å². The minimum Gasteiger partial charge on any atom is -0.462 e. The quantitative estimate of drug-likeness (QED) is 0.0537. The molecule has 0 heterocycles. The maximum absolute atomic E-state index is 12.9. The van der Waals surface area contributed by atoms with Gasteiger partial charge in [-0.2, -0.15) is 0 Å². The van der Waals surface area contributed by atoms with Gasteiger partial charge in [-0.3, -0.25) is 4.79 Å². The van der Waals surface area contributed by atoms with Gasteiger partial charge in [0.15, 0.2) is 0 Å². The Morgan fingerprint density at radius 3 is 2.02 bits per heavy atom. The van der Waals surface area contributed by atoms with Crippen LogP contribution in [-0.2, 0) is 9.53 Å². The fourth-order valence-corrected chi connectivity index (χ4v) is 12.0. The van der Waals surface area contributed by atoms with Gasteiger partial charge in [-0.1, -0.05) is 162 Å². The van der Waals surface area contributed by atoms with Crippen molar-refractivity contribution in [1.29, 1.82) is 0 Å². The van der Waals surface area contributed by atoms with Gasteiger partial charge in [-0.25, -0.2) is 0 Å². The number of unbranched alkanes of at least 4 members (excludes halogenated alkanes) is 15. The van der Waals surface area contributed by atoms with Crippen LogP contribution in [0.25, 0.3) is 0 Å². The van der Waals surface area contributed by atoms with Crippen LogP contribution in [-0.4, -0.2) is 12.1 Å². The fraction of sp³-hybridized carbons (Fsp3) is 0.898. The third-order valence-corrected chi connectivity index (χ3v) is 15.2. The number of carbonyl (C=O) groups excluding carboxylic acids is 1. The van der Waals surface area contributed by atoms with Crippen molar-refractivity contribution >= 4 is 5.97 Å². The average Bonchev–Trinajstić information content (AvgIpc) is 3.46. The first-order chi connectivity index (χ1) is 24.7. The summed E-state index contributed by atoms with van der Waals surface area (Å²) >= 11 is 0. The molecule has 0 radical (unpaired) electrons. The second-order valence-electron chi connectivity index (χ2n) is 19.4. The monoisotopic (exact) mass is 707 g/mol. The number of hydrogen-bond acceptors (Lipinski definition) is 2. The average molecular weight is 707 g/mol. The van der Waals surface area contributed by atoms with E-state index in [9.17, 15) is 4.79 Å². The number of fused-ring (bicyclic) bond motifs is 5. The second kappa shape index (κ2) is 22.4. The highest BCUT2D eigenvalue weighted by Gasteiger charge is 2.59. The van der Waals surface area contributed by atoms with Crippen LogP contribution in [0.5, 0.6) is 0 Å². The van der Waals surface area contributed by atoms with E-state index >= 15 is 0 Å². The molecule has 3 fully saturated rings. The Morgan fingerprint density at radius 2 is 1.37 bits per heavy atom. The first kappa shape index (κ1) is 42.7. The summed E-state index contributed by atoms with van der Waals surface area (Å²) in [5, 5.41) is 0. The summed E-state index contributed by atoms with van der Waals surface area (Å²) in [5.74, 6) is 5.32. The zero-order valence-electron chi connectivity index (χ0n) is 35.1. The molecular weight excluding hydrogens is 621 g/mol. The summed E-state index contributed by atoms with van der Waals surface area (Å²) in [6.07, 6.45) is 45.4. The highest BCUT2D eigenvalue weighted by atomic mass is 16.5. The molecule has 0 spiro atoms. The molecule has 294 valence electrons. The summed E-state index contributed by atoms with van der Waals surface area (Å²) in [4.78, 5) is 12.9. The van der Waals surface area contributed by atoms with E-state index in [2.05, 4.69) is 59.8 Å². The minimum atomic E-state index is 0.0619. The molecule has 2 heteroatoms. The SMILES string of the molecule is CCCCCCCC/C=C\CCCCCCCCCCCC(=O)O[C@H]1CC[C@@]2(C)C(=CC[C@H]3[C@@H]4CC[C@H]([C@H](C)CCCC(C)C)[C@@]4(C)CC[C@@H]32)C1. The zero-order valence-corrected chi connectivity index (χ0v) is 35.1. The van der Waals surface area contributed by atoms with E-state index in [0.717, 1.165) is 54.8 Å². The summed E-state index contributed by atoms with van der Waals surface area (Å²) < 4.78 is 6.15. The van der Waals surface area contributed by atoms with Crippen LogP contribution in [0.3, 0.4) is 0 Å². The number of carbonyl (C=O) groups is 1. The van der Waals surface area contributed by atoms with Gasteiger partial charge in [-0.15, -0.1) is 0 Å². The third-order valence-electron chi connectivity index (χ3n) is 15.2. The van der Waals surface area contributed by atoms with Crippen LogP contribution in [0.15, 0.2) is 23.8 Å². The van der Waals surface area contributed by atoms with E-state index < -0.39 is 0 Å². The predicted molar refractivity (Wildman–Crippen MR) is 221 cm³/mol. The summed E-state index contributed by atoms with van der Waals surface area (Å²) in [6, 6.07) is 0. The molecule has 0 amide bonds. The summed E-state index contributed by atoms with van der Waals surface area (Å²) in [5.41, 5.74) is 2.53. The normalized spacial score (nSPS) is 31.0. The van der Waals surface area contributed by atoms with Crippen molar-refractivity contribution in [2.24, 2.45) is 46.3 Å². The van der Waals surface area contributed by atoms with Gasteiger partial charge in [0, 0.05) is 12.8 Å². The molecule has 0 aromatic heterocycles. The number of allylic oxidation sites excluding steroid dienone is 3. The molecule has 0 unspecified atom stereocenters. The van der Waals surface area contributed by atoms with Crippen LogP contribution in [0.4, 0.5) is 0 Å². The lowest BCUT2D eigenvalue weighted by Gasteiger charge is -2.58. The second-order valence-corrected chi connectivity index (χ2v) is 19.4. The van der Waals surface area contributed by atoms with E-state index in [1.807, 2.05) is 0 Å². The van der Waals surface area contributed by atoms with Crippen molar-refractivity contribution in [2.45, 2.75) is 234 Å². The standard InChI is InChI=1S/C49H86O2/c1-7-8-9-10-11-12-13-14-15-16-17-18-19-20-21-22-23-24-25-29-47(50)51-42-34-36-48(5)41(38-42)30-31-43-45-33-32-44(40(4)28-26-27-39(2)3)49(45,6)37-35-46(43)48/h14-15,30,39-40,42-46H,7-13,16-29,31-38H2,1-6H3/b15-14-/t40-,42+,43+,44-,45+,46+,48+,49-/m1/s1. The van der Waals surface area contributed by atoms with Gasteiger partial charge in [0.1, 0.15) is 6.10 Å². The summed E-state index contributed by atoms with van der Waals surface area (Å²) in [7, 11) is 0. The molecule has 0 aliphatic heterocycles. The molecule has 0 saturated heterocycles. The first-order valence-electron chi connectivity index (χ1n) is 23.2. The smallest absolute Gasteiger partial charge is 0.306 e. The lowest BCUT2D eigenvalue weighted by Crippen LogP contribution is -2.51. The number of rotatable bonds is 25. The van der Waals surface area contributed by atoms with Crippen molar-refractivity contribution in [3.05, 3.63) is 23.8 Å². The topological polar surface area (TPSA) is 26.3 Å². The third kappa shape index (κ3) is 12.8. The van der Waals surface area contributed by atoms with E-state index in [-0.39, 0.29) is 12.1 Å². The van der Waals surface area contributed by atoms with Crippen LogP contribution in [0.2, 0.25) is 0 Å². The zero-order chi connectivity index (χ0) is 36.5. The molecule has 0 aromatic rings. The van der Waals surface area contributed by atoms with E-state index in [1.54, 1.807) is 5.57 Å². The maximum Gasteiger partial charge on any atom is 0.306 e. The van der Waals surface area contributed by atoms with Crippen LogP contribution >= 0.6 is 0 Å². The van der Waals surface area contributed by atoms with Gasteiger partial charge in [-0.05, 0) is 123 Å². The first-order valence-corrected chi connectivity index (χ1v) is 23.2. The molecule has 2 nitrogen and oxygen atoms in total. The van der Waals surface area contributed by atoms with Crippen molar-refractivity contribution in [3.63, 3.8) is 0 Å². The molecule has 4 aliphatic carbocycles. The molecule has 0 bridgehead atoms. The predicted octanol–water partition coefficient (Wildman–Crippen LogP) is 15.5. The minimum absolute atomic E-state index is 0.0619. The molecule has 4 aliphatic rings. The van der Waals surface area contributed by atoms with Crippen LogP contribution < -0.4 is 0 Å². The Balaban J connectivity index is 1.04. The molecule has 3 saturated carbocycles. The van der Waals surface area contributed by atoms with Crippen molar-refractivity contribution in [1.82, 2.24) is 0 Å². The Kier molecular flexibility index (Phi) is 18.7. The lowest BCUT2D eigenvalue weighted by molar-refractivity contribution is -0.151. The molecule has 0 aromatic carbocycles. The molecule has 51 heavy (non-hydrogen) atoms. The lowest BCUT2D eigenvalue weighted by atomic mass is 9.47. The molecular formula is C49H86O2. The highest BCUT2D eigenvalue weighted by molar-refractivity contribution is 5.69. The Bertz CT molecular complexity index is 1040. The summed E-state index contributed by atoms with van der Waals surface area (Å²) in [6.45, 7) is 15.0. The van der Waals surface area contributed by atoms with Crippen molar-refractivity contribution in [2.75, 3.05) is 0 Å². The number of esters is 1. The van der Waals surface area contributed by atoms with Gasteiger partial charge in [0.05, 0.1) is 0 Å². The van der Waals surface area contributed by atoms with Gasteiger partial charge in [0.25, 0.3) is 0 Å². The Hall–Kier alpha value is -1.05. The number of hydrogen-bond donors (Lipinski definition) is 0. The van der Waals surface area contributed by atoms with Crippen molar-refractivity contribution < 1.29 is 9.53 Å². The van der Waals surface area contributed by atoms with Gasteiger partial charge >= 0.3 is 5.97 Å². The highest BCUT2D eigenvalue weighted by Crippen LogP contribution is 2.67. The van der Waals surface area contributed by atoms with Gasteiger partial charge in [0.2, 0.25) is 0 Å². The Morgan fingerprint density at radius 1 is 0.745 bits per heavy atom. The molecule has 4 rings (SSSR count). The maximum atomic E-state index is 12.9. The largest absolute Gasteiger partial charge is 0.462 e. The van der Waals surface area contributed by atoms with E-state index in [0.29, 0.717) is 17.3 Å². The molecule has 8 atom stereocenters. The van der Waals surface area contributed by atoms with E-state index in [4.69, 9.17) is 4.74 Å². The molecule has 0 N–H and O–H groups in total. The number of ether oxygens (including phenoxy) is 1. The van der Waals surface area contributed by atoms with Crippen LogP contribution in [0.1, 0.15) is 228 Å².